The molecule has 70 valence electrons. The molecular formula is C10H14N2O. The number of benzene rings is 1. The summed E-state index contributed by atoms with van der Waals surface area (Å²) in [6.45, 7) is 1.79. The molecule has 0 saturated heterocycles. The summed E-state index contributed by atoms with van der Waals surface area (Å²) in [6.07, 6.45) is 0. The van der Waals surface area contributed by atoms with Gasteiger partial charge in [0.1, 0.15) is 6.04 Å². The number of rotatable bonds is 3. The fourth-order valence-corrected chi connectivity index (χ4v) is 1.08. The average Bonchev–Trinajstić information content (AvgIpc) is 2.17. The molecular weight excluding hydrogens is 164 g/mol. The van der Waals surface area contributed by atoms with Crippen molar-refractivity contribution in [3.63, 3.8) is 0 Å². The molecule has 1 atom stereocenters. The van der Waals surface area contributed by atoms with Crippen LogP contribution in [-0.2, 0) is 4.79 Å². The van der Waals surface area contributed by atoms with Gasteiger partial charge in [0.05, 0.1) is 0 Å². The van der Waals surface area contributed by atoms with Crippen LogP contribution in [0.1, 0.15) is 6.92 Å². The van der Waals surface area contributed by atoms with Gasteiger partial charge in [-0.05, 0) is 19.1 Å². The van der Waals surface area contributed by atoms with E-state index in [1.165, 1.54) is 0 Å². The van der Waals surface area contributed by atoms with Crippen LogP contribution < -0.4 is 10.6 Å². The molecule has 0 aliphatic heterocycles. The molecule has 0 heterocycles. The first-order valence-electron chi connectivity index (χ1n) is 4.20. The molecule has 0 bridgehead atoms. The number of nitrogens with two attached hydrogens (primary N) is 1. The number of amides is 1. The zero-order valence-corrected chi connectivity index (χ0v) is 7.90. The summed E-state index contributed by atoms with van der Waals surface area (Å²) in [6, 6.07) is 9.41. The van der Waals surface area contributed by atoms with Gasteiger partial charge in [0.25, 0.3) is 0 Å². The van der Waals surface area contributed by atoms with Crippen molar-refractivity contribution < 1.29 is 4.79 Å². The van der Waals surface area contributed by atoms with Crippen molar-refractivity contribution in [3.05, 3.63) is 30.3 Å². The van der Waals surface area contributed by atoms with E-state index in [4.69, 9.17) is 5.73 Å². The maximum atomic E-state index is 10.9. The van der Waals surface area contributed by atoms with Crippen LogP contribution in [0, 0.1) is 0 Å². The van der Waals surface area contributed by atoms with Gasteiger partial charge in [-0.1, -0.05) is 18.2 Å². The van der Waals surface area contributed by atoms with Gasteiger partial charge in [-0.3, -0.25) is 4.79 Å². The molecule has 0 aliphatic carbocycles. The second kappa shape index (κ2) is 3.94. The van der Waals surface area contributed by atoms with Crippen molar-refractivity contribution in [1.82, 2.24) is 0 Å². The molecule has 0 saturated carbocycles. The Balaban J connectivity index is 2.79. The number of para-hydroxylation sites is 1. The summed E-state index contributed by atoms with van der Waals surface area (Å²) in [5.74, 6) is -0.314. The van der Waals surface area contributed by atoms with Gasteiger partial charge in [0.2, 0.25) is 5.91 Å². The van der Waals surface area contributed by atoms with E-state index in [0.29, 0.717) is 0 Å². The van der Waals surface area contributed by atoms with E-state index in [1.54, 1.807) is 6.92 Å². The minimum absolute atomic E-state index is 0.276. The molecule has 3 heteroatoms. The number of anilines is 1. The Morgan fingerprint density at radius 3 is 2.38 bits per heavy atom. The molecule has 1 aromatic rings. The minimum Gasteiger partial charge on any atom is -0.368 e. The fraction of sp³-hybridized carbons (Fsp3) is 0.300. The predicted molar refractivity (Wildman–Crippen MR) is 53.5 cm³/mol. The lowest BCUT2D eigenvalue weighted by molar-refractivity contribution is -0.118. The van der Waals surface area contributed by atoms with Crippen molar-refractivity contribution in [3.8, 4) is 0 Å². The summed E-state index contributed by atoms with van der Waals surface area (Å²) >= 11 is 0. The maximum Gasteiger partial charge on any atom is 0.239 e. The van der Waals surface area contributed by atoms with Crippen molar-refractivity contribution in [2.24, 2.45) is 5.73 Å². The highest BCUT2D eigenvalue weighted by molar-refractivity contribution is 5.82. The standard InChI is InChI=1S/C10H14N2O/c1-8(10(11)13)12(2)9-6-4-3-5-7-9/h3-8H,1-2H3,(H2,11,13)/t8-/m0/s1. The normalized spacial score (nSPS) is 12.2. The lowest BCUT2D eigenvalue weighted by atomic mass is 10.2. The van der Waals surface area contributed by atoms with Gasteiger partial charge in [-0.25, -0.2) is 0 Å². The molecule has 2 N–H and O–H groups in total. The van der Waals surface area contributed by atoms with E-state index in [-0.39, 0.29) is 11.9 Å². The highest BCUT2D eigenvalue weighted by atomic mass is 16.1. The lowest BCUT2D eigenvalue weighted by Gasteiger charge is -2.24. The Kier molecular flexibility index (Phi) is 2.90. The number of hydrogen-bond donors (Lipinski definition) is 1. The van der Waals surface area contributed by atoms with E-state index in [2.05, 4.69) is 0 Å². The van der Waals surface area contributed by atoms with Crippen LogP contribution >= 0.6 is 0 Å². The summed E-state index contributed by atoms with van der Waals surface area (Å²) in [5.41, 5.74) is 6.19. The van der Waals surface area contributed by atoms with Crippen LogP contribution in [0.2, 0.25) is 0 Å². The Morgan fingerprint density at radius 2 is 1.92 bits per heavy atom. The van der Waals surface area contributed by atoms with Gasteiger partial charge in [0, 0.05) is 12.7 Å². The molecule has 1 rings (SSSR count). The first-order valence-corrected chi connectivity index (χ1v) is 4.20. The van der Waals surface area contributed by atoms with Crippen LogP contribution in [0.5, 0.6) is 0 Å². The SMILES string of the molecule is C[C@@H](C(N)=O)N(C)c1ccccc1. The predicted octanol–water partition coefficient (Wildman–Crippen LogP) is 0.997. The molecule has 1 aromatic carbocycles. The Hall–Kier alpha value is -1.51. The van der Waals surface area contributed by atoms with Gasteiger partial charge >= 0.3 is 0 Å². The number of primary amides is 1. The van der Waals surface area contributed by atoms with Gasteiger partial charge in [-0.15, -0.1) is 0 Å². The van der Waals surface area contributed by atoms with Crippen molar-refractivity contribution in [1.29, 1.82) is 0 Å². The highest BCUT2D eigenvalue weighted by Crippen LogP contribution is 2.13. The van der Waals surface area contributed by atoms with Crippen LogP contribution in [0.25, 0.3) is 0 Å². The van der Waals surface area contributed by atoms with Crippen LogP contribution in [0.3, 0.4) is 0 Å². The first-order chi connectivity index (χ1) is 6.13. The van der Waals surface area contributed by atoms with E-state index in [0.717, 1.165) is 5.69 Å². The smallest absolute Gasteiger partial charge is 0.239 e. The quantitative estimate of drug-likeness (QED) is 0.750. The molecule has 1 amide bonds. The second-order valence-electron chi connectivity index (χ2n) is 3.02. The monoisotopic (exact) mass is 178 g/mol. The van der Waals surface area contributed by atoms with E-state index < -0.39 is 0 Å². The van der Waals surface area contributed by atoms with E-state index >= 15 is 0 Å². The van der Waals surface area contributed by atoms with Crippen LogP contribution in [-0.4, -0.2) is 19.0 Å². The zero-order chi connectivity index (χ0) is 9.84. The third-order valence-electron chi connectivity index (χ3n) is 2.16. The van der Waals surface area contributed by atoms with E-state index in [1.807, 2.05) is 42.3 Å². The summed E-state index contributed by atoms with van der Waals surface area (Å²) in [5, 5.41) is 0. The Bertz CT molecular complexity index is 284. The molecule has 0 aromatic heterocycles. The Morgan fingerprint density at radius 1 is 1.38 bits per heavy atom. The molecule has 3 nitrogen and oxygen atoms in total. The number of nitrogens with zero attached hydrogens (tertiary/aromatic N) is 1. The highest BCUT2D eigenvalue weighted by Gasteiger charge is 2.14. The molecule has 0 unspecified atom stereocenters. The van der Waals surface area contributed by atoms with Gasteiger partial charge in [-0.2, -0.15) is 0 Å². The minimum atomic E-state index is -0.314. The van der Waals surface area contributed by atoms with Crippen molar-refractivity contribution in [2.75, 3.05) is 11.9 Å². The second-order valence-corrected chi connectivity index (χ2v) is 3.02. The fourth-order valence-electron chi connectivity index (χ4n) is 1.08. The lowest BCUT2D eigenvalue weighted by Crippen LogP contribution is -2.40. The number of likely N-dealkylation sites (N-methyl/N-ethyl adjacent to an activating group) is 1. The topological polar surface area (TPSA) is 46.3 Å². The number of hydrogen-bond acceptors (Lipinski definition) is 2. The summed E-state index contributed by atoms with van der Waals surface area (Å²) in [7, 11) is 1.85. The molecule has 0 radical (unpaired) electrons. The Labute approximate surface area is 78.2 Å². The average molecular weight is 178 g/mol. The maximum absolute atomic E-state index is 10.9. The molecule has 0 spiro atoms. The largest absolute Gasteiger partial charge is 0.368 e. The third-order valence-corrected chi connectivity index (χ3v) is 2.16. The van der Waals surface area contributed by atoms with Crippen molar-refractivity contribution >= 4 is 11.6 Å². The van der Waals surface area contributed by atoms with Gasteiger partial charge < -0.3 is 10.6 Å². The molecule has 0 aliphatic rings. The molecule has 0 fully saturated rings. The summed E-state index contributed by atoms with van der Waals surface area (Å²) in [4.78, 5) is 12.7. The number of carbonyl (C=O) groups is 1. The van der Waals surface area contributed by atoms with Crippen LogP contribution in [0.15, 0.2) is 30.3 Å². The van der Waals surface area contributed by atoms with Crippen molar-refractivity contribution in [2.45, 2.75) is 13.0 Å². The summed E-state index contributed by atoms with van der Waals surface area (Å²) < 4.78 is 0. The van der Waals surface area contributed by atoms with Crippen LogP contribution in [0.4, 0.5) is 5.69 Å². The zero-order valence-electron chi connectivity index (χ0n) is 7.90. The van der Waals surface area contributed by atoms with Gasteiger partial charge in [0.15, 0.2) is 0 Å². The third kappa shape index (κ3) is 2.21. The number of carbonyl (C=O) groups excluding carboxylic acids is 1. The van der Waals surface area contributed by atoms with E-state index in [9.17, 15) is 4.79 Å². The molecule has 13 heavy (non-hydrogen) atoms. The first kappa shape index (κ1) is 9.58.